The highest BCUT2D eigenvalue weighted by atomic mass is 19.4. The molecule has 4 aliphatic carbocycles. The second kappa shape index (κ2) is 7.34. The summed E-state index contributed by atoms with van der Waals surface area (Å²) in [6.07, 6.45) is 0.0797. The highest BCUT2D eigenvalue weighted by Gasteiger charge is 2.58. The fraction of sp³-hybridized carbons (Fsp3) is 0.520. The van der Waals surface area contributed by atoms with Crippen molar-refractivity contribution in [3.8, 4) is 0 Å². The van der Waals surface area contributed by atoms with Gasteiger partial charge in [0.25, 0.3) is 11.5 Å². The number of nitrogens with one attached hydrogen (secondary N) is 3. The first-order valence-corrected chi connectivity index (χ1v) is 11.9. The maximum atomic E-state index is 13.4. The maximum absolute atomic E-state index is 13.4. The van der Waals surface area contributed by atoms with Crippen molar-refractivity contribution in [3.05, 3.63) is 63.6 Å². The number of halogens is 3. The van der Waals surface area contributed by atoms with Gasteiger partial charge >= 0.3 is 6.18 Å². The molecule has 5 aliphatic rings. The molecule has 2 bridgehead atoms. The smallest absolute Gasteiger partial charge is 0.381 e. The van der Waals surface area contributed by atoms with E-state index in [1.165, 1.54) is 12.1 Å². The van der Waals surface area contributed by atoms with Gasteiger partial charge < -0.3 is 20.5 Å². The molecular weight excluding hydrogens is 445 g/mol. The molecule has 0 radical (unpaired) electrons. The summed E-state index contributed by atoms with van der Waals surface area (Å²) in [6, 6.07) is 6.09. The molecule has 5 fully saturated rings. The Labute approximate surface area is 194 Å². The van der Waals surface area contributed by atoms with Crippen molar-refractivity contribution in [2.45, 2.75) is 50.0 Å². The van der Waals surface area contributed by atoms with Crippen LogP contribution in [0.2, 0.25) is 0 Å². The number of alkyl halides is 3. The largest absolute Gasteiger partial charge is 0.416 e. The van der Waals surface area contributed by atoms with Crippen molar-refractivity contribution in [3.63, 3.8) is 0 Å². The topological polar surface area (TPSA) is 75.2 Å². The summed E-state index contributed by atoms with van der Waals surface area (Å²) in [4.78, 5) is 26.4. The number of fused-ring (bicyclic) bond motifs is 1. The Balaban J connectivity index is 1.28. The van der Waals surface area contributed by atoms with Crippen LogP contribution in [0.1, 0.15) is 53.7 Å². The Bertz CT molecular complexity index is 1200. The van der Waals surface area contributed by atoms with Gasteiger partial charge in [-0.05, 0) is 61.6 Å². The molecule has 0 spiro atoms. The molecule has 3 N–H and O–H groups in total. The third-order valence-corrected chi connectivity index (χ3v) is 8.29. The van der Waals surface area contributed by atoms with E-state index in [1.54, 1.807) is 23.8 Å². The van der Waals surface area contributed by atoms with Gasteiger partial charge in [0.2, 0.25) is 0 Å². The summed E-state index contributed by atoms with van der Waals surface area (Å²) in [6.45, 7) is 3.49. The Kier molecular flexibility index (Phi) is 4.69. The predicted octanol–water partition coefficient (Wildman–Crippen LogP) is 3.50. The number of hydrogen-bond acceptors (Lipinski definition) is 4. The number of carbonyl (C=O) groups excluding carboxylic acids is 1. The second-order valence-corrected chi connectivity index (χ2v) is 10.5. The molecule has 2 aromatic rings. The first-order valence-electron chi connectivity index (χ1n) is 11.9. The molecule has 1 aliphatic heterocycles. The van der Waals surface area contributed by atoms with E-state index in [4.69, 9.17) is 0 Å². The van der Waals surface area contributed by atoms with Crippen LogP contribution in [0, 0.1) is 17.8 Å². The molecule has 1 unspecified atom stereocenters. The normalized spacial score (nSPS) is 31.6. The summed E-state index contributed by atoms with van der Waals surface area (Å²) in [5.41, 5.74) is 0.184. The van der Waals surface area contributed by atoms with Crippen molar-refractivity contribution >= 4 is 11.6 Å². The Hall–Kier alpha value is -2.81. The fourth-order valence-electron chi connectivity index (χ4n) is 6.09. The number of anilines is 1. The van der Waals surface area contributed by atoms with Gasteiger partial charge in [0.05, 0.1) is 22.9 Å². The highest BCUT2D eigenvalue weighted by Crippen LogP contribution is 2.61. The monoisotopic (exact) mass is 472 g/mol. The van der Waals surface area contributed by atoms with Crippen LogP contribution in [-0.4, -0.2) is 29.6 Å². The van der Waals surface area contributed by atoms with Gasteiger partial charge in [0.15, 0.2) is 0 Å². The van der Waals surface area contributed by atoms with Gasteiger partial charge in [-0.1, -0.05) is 12.1 Å². The van der Waals surface area contributed by atoms with Crippen LogP contribution in [0.25, 0.3) is 0 Å². The molecule has 1 aromatic carbocycles. The maximum Gasteiger partial charge on any atom is 0.416 e. The number of aromatic nitrogens is 1. The average molecular weight is 473 g/mol. The molecule has 180 valence electrons. The summed E-state index contributed by atoms with van der Waals surface area (Å²) >= 11 is 0. The summed E-state index contributed by atoms with van der Waals surface area (Å²) in [7, 11) is 0. The quantitative estimate of drug-likeness (QED) is 0.602. The first kappa shape index (κ1) is 21.7. The van der Waals surface area contributed by atoms with Crippen molar-refractivity contribution in [2.24, 2.45) is 17.8 Å². The molecule has 4 saturated carbocycles. The Morgan fingerprint density at radius 2 is 1.88 bits per heavy atom. The molecular formula is C25H27F3N4O2. The zero-order valence-corrected chi connectivity index (χ0v) is 18.8. The van der Waals surface area contributed by atoms with E-state index in [-0.39, 0.29) is 17.1 Å². The predicted molar refractivity (Wildman–Crippen MR) is 121 cm³/mol. The summed E-state index contributed by atoms with van der Waals surface area (Å²) in [5.74, 6) is 1.23. The number of rotatable bonds is 6. The van der Waals surface area contributed by atoms with Gasteiger partial charge in [-0.2, -0.15) is 13.2 Å². The number of benzene rings is 1. The average Bonchev–Trinajstić information content (AvgIpc) is 3.13. The van der Waals surface area contributed by atoms with Crippen molar-refractivity contribution in [1.82, 2.24) is 15.2 Å². The lowest BCUT2D eigenvalue weighted by Crippen LogP contribution is -2.62. The molecule has 1 saturated heterocycles. The standard InChI is InChI=1S/C25H27F3N4O2/c1-13(15-3-2-4-16(5-15)25(26,27)28)30-23(34)19-12-32(24-7-14(8-24)9-24)21(33)6-20(19)31-22-17-10-29-11-18(17)22/h2-6,12-14,17-18,22,29,31H,7-11H2,1H3,(H,30,34)/t13-,14?,17-,18+,22?,24?/m1/s1. The van der Waals surface area contributed by atoms with Crippen molar-refractivity contribution in [1.29, 1.82) is 0 Å². The SMILES string of the molecule is C[C@@H](NC(=O)c1cn(C23CC(C2)C3)c(=O)cc1NC1[C@H]2CNC[C@@H]12)c1cccc(C(F)(F)F)c1. The van der Waals surface area contributed by atoms with E-state index in [9.17, 15) is 22.8 Å². The van der Waals surface area contributed by atoms with Crippen LogP contribution in [0.4, 0.5) is 18.9 Å². The van der Waals surface area contributed by atoms with E-state index in [0.717, 1.165) is 44.5 Å². The minimum atomic E-state index is -4.45. The van der Waals surface area contributed by atoms with Gasteiger partial charge in [-0.25, -0.2) is 0 Å². The lowest BCUT2D eigenvalue weighted by atomic mass is 9.49. The molecule has 1 aromatic heterocycles. The summed E-state index contributed by atoms with van der Waals surface area (Å²) in [5, 5.41) is 9.59. The number of piperidine rings is 1. The third-order valence-electron chi connectivity index (χ3n) is 8.29. The van der Waals surface area contributed by atoms with E-state index in [1.807, 2.05) is 0 Å². The Morgan fingerprint density at radius 3 is 2.50 bits per heavy atom. The van der Waals surface area contributed by atoms with Crippen LogP contribution in [0.5, 0.6) is 0 Å². The molecule has 2 heterocycles. The highest BCUT2D eigenvalue weighted by molar-refractivity contribution is 5.99. The van der Waals surface area contributed by atoms with E-state index in [2.05, 4.69) is 16.0 Å². The molecule has 9 heteroatoms. The minimum absolute atomic E-state index is 0.118. The van der Waals surface area contributed by atoms with E-state index in [0.29, 0.717) is 34.6 Å². The number of hydrogen-bond donors (Lipinski definition) is 3. The number of nitrogens with zero attached hydrogens (tertiary/aromatic N) is 1. The third kappa shape index (κ3) is 3.43. The van der Waals surface area contributed by atoms with Crippen molar-refractivity contribution in [2.75, 3.05) is 18.4 Å². The van der Waals surface area contributed by atoms with Crippen LogP contribution in [0.3, 0.4) is 0 Å². The first-order chi connectivity index (χ1) is 16.1. The van der Waals surface area contributed by atoms with E-state index < -0.39 is 23.7 Å². The number of carbonyl (C=O) groups is 1. The molecule has 4 atom stereocenters. The van der Waals surface area contributed by atoms with Gasteiger partial charge in [-0.3, -0.25) is 9.59 Å². The van der Waals surface area contributed by atoms with Crippen LogP contribution in [-0.2, 0) is 11.7 Å². The van der Waals surface area contributed by atoms with Gasteiger partial charge in [-0.15, -0.1) is 0 Å². The van der Waals surface area contributed by atoms with E-state index >= 15 is 0 Å². The second-order valence-electron chi connectivity index (χ2n) is 10.5. The van der Waals surface area contributed by atoms with Crippen LogP contribution in [0.15, 0.2) is 41.3 Å². The number of pyridine rings is 1. The summed E-state index contributed by atoms with van der Waals surface area (Å²) < 4.78 is 41.1. The lowest BCUT2D eigenvalue weighted by molar-refractivity contribution is -0.137. The Morgan fingerprint density at radius 1 is 1.18 bits per heavy atom. The molecule has 1 amide bonds. The number of amides is 1. The fourth-order valence-corrected chi connectivity index (χ4v) is 6.09. The van der Waals surface area contributed by atoms with Crippen molar-refractivity contribution < 1.29 is 18.0 Å². The molecule has 7 rings (SSSR count). The molecule has 34 heavy (non-hydrogen) atoms. The zero-order chi connectivity index (χ0) is 23.8. The van der Waals surface area contributed by atoms with Crippen LogP contribution >= 0.6 is 0 Å². The molecule has 6 nitrogen and oxygen atoms in total. The minimum Gasteiger partial charge on any atom is -0.381 e. The van der Waals surface area contributed by atoms with Gasteiger partial charge in [0, 0.05) is 36.9 Å². The zero-order valence-electron chi connectivity index (χ0n) is 18.8. The lowest BCUT2D eigenvalue weighted by Gasteiger charge is -2.62. The van der Waals surface area contributed by atoms with Gasteiger partial charge in [0.1, 0.15) is 0 Å². The van der Waals surface area contributed by atoms with Crippen LogP contribution < -0.4 is 21.5 Å².